The Labute approximate surface area is 115 Å². The number of benzene rings is 1. The van der Waals surface area contributed by atoms with E-state index in [1.165, 1.54) is 22.5 Å². The van der Waals surface area contributed by atoms with E-state index in [9.17, 15) is 12.8 Å². The van der Waals surface area contributed by atoms with Crippen LogP contribution in [0, 0.1) is 11.7 Å². The Balaban J connectivity index is 2.18. The highest BCUT2D eigenvalue weighted by Gasteiger charge is 2.32. The number of hydrogen-bond donors (Lipinski definition) is 0. The predicted octanol–water partition coefficient (Wildman–Crippen LogP) is 2.62. The van der Waals surface area contributed by atoms with Crippen molar-refractivity contribution in [2.45, 2.75) is 17.7 Å². The van der Waals surface area contributed by atoms with E-state index in [1.807, 2.05) is 0 Å². The number of nitrogens with zero attached hydrogens (tertiary/aromatic N) is 1. The van der Waals surface area contributed by atoms with E-state index in [0.717, 1.165) is 24.2 Å². The van der Waals surface area contributed by atoms with Crippen LogP contribution < -0.4 is 0 Å². The Morgan fingerprint density at radius 1 is 1.44 bits per heavy atom. The summed E-state index contributed by atoms with van der Waals surface area (Å²) in [7, 11) is -3.53. The van der Waals surface area contributed by atoms with Gasteiger partial charge in [-0.2, -0.15) is 4.31 Å². The van der Waals surface area contributed by atoms with Crippen molar-refractivity contribution in [3.8, 4) is 0 Å². The molecule has 1 saturated heterocycles. The van der Waals surface area contributed by atoms with E-state index >= 15 is 0 Å². The van der Waals surface area contributed by atoms with Gasteiger partial charge in [0.2, 0.25) is 10.0 Å². The maximum absolute atomic E-state index is 13.1. The summed E-state index contributed by atoms with van der Waals surface area (Å²) in [5, 5.41) is 0.880. The third-order valence-corrected chi connectivity index (χ3v) is 5.52. The van der Waals surface area contributed by atoms with E-state index < -0.39 is 15.8 Å². The monoisotopic (exact) mass is 335 g/mol. The second-order valence-electron chi connectivity index (χ2n) is 4.45. The van der Waals surface area contributed by atoms with Crippen molar-refractivity contribution in [2.24, 2.45) is 5.92 Å². The predicted molar refractivity (Wildman–Crippen MR) is 71.7 cm³/mol. The molecule has 0 N–H and O–H groups in total. The van der Waals surface area contributed by atoms with Crippen molar-refractivity contribution >= 4 is 26.0 Å². The van der Waals surface area contributed by atoms with Crippen molar-refractivity contribution in [3.05, 3.63) is 30.1 Å². The lowest BCUT2D eigenvalue weighted by atomic mass is 10.1. The van der Waals surface area contributed by atoms with Crippen LogP contribution in [0.3, 0.4) is 0 Å². The number of hydrogen-bond acceptors (Lipinski definition) is 2. The molecular formula is C12H15BrFNO2S. The topological polar surface area (TPSA) is 37.4 Å². The van der Waals surface area contributed by atoms with Crippen LogP contribution in [-0.2, 0) is 10.0 Å². The molecule has 0 spiro atoms. The Bertz CT molecular complexity index is 521. The van der Waals surface area contributed by atoms with E-state index in [2.05, 4.69) is 15.9 Å². The molecule has 1 fully saturated rings. The van der Waals surface area contributed by atoms with E-state index in [4.69, 9.17) is 0 Å². The molecule has 1 aliphatic rings. The summed E-state index contributed by atoms with van der Waals surface area (Å²) in [5.74, 6) is -0.125. The molecule has 1 unspecified atom stereocenters. The highest BCUT2D eigenvalue weighted by molar-refractivity contribution is 9.09. The molecule has 6 heteroatoms. The fourth-order valence-corrected chi connectivity index (χ4v) is 4.39. The van der Waals surface area contributed by atoms with Gasteiger partial charge in [0.05, 0.1) is 4.90 Å². The lowest BCUT2D eigenvalue weighted by Gasteiger charge is -2.16. The molecule has 1 aliphatic heterocycles. The fraction of sp³-hybridized carbons (Fsp3) is 0.500. The van der Waals surface area contributed by atoms with Crippen molar-refractivity contribution in [1.29, 1.82) is 0 Å². The highest BCUT2D eigenvalue weighted by atomic mass is 79.9. The van der Waals surface area contributed by atoms with Crippen LogP contribution in [-0.4, -0.2) is 31.1 Å². The second-order valence-corrected chi connectivity index (χ2v) is 7.18. The first-order valence-electron chi connectivity index (χ1n) is 5.85. The van der Waals surface area contributed by atoms with Gasteiger partial charge in [0.1, 0.15) is 5.82 Å². The molecule has 100 valence electrons. The standard InChI is InChI=1S/C12H15BrFNO2S/c13-6-4-10-5-7-15(9-10)18(16,17)12-3-1-2-11(14)8-12/h1-3,8,10H,4-7,9H2. The molecular weight excluding hydrogens is 321 g/mol. The van der Waals surface area contributed by atoms with Crippen LogP contribution >= 0.6 is 15.9 Å². The Morgan fingerprint density at radius 3 is 2.89 bits per heavy atom. The van der Waals surface area contributed by atoms with Crippen molar-refractivity contribution < 1.29 is 12.8 Å². The van der Waals surface area contributed by atoms with Crippen LogP contribution in [0.4, 0.5) is 4.39 Å². The molecule has 0 radical (unpaired) electrons. The van der Waals surface area contributed by atoms with Gasteiger partial charge in [0.15, 0.2) is 0 Å². The molecule has 0 bridgehead atoms. The molecule has 1 aromatic carbocycles. The summed E-state index contributed by atoms with van der Waals surface area (Å²) in [6, 6.07) is 5.19. The quantitative estimate of drug-likeness (QED) is 0.793. The largest absolute Gasteiger partial charge is 0.243 e. The number of sulfonamides is 1. The lowest BCUT2D eigenvalue weighted by molar-refractivity contribution is 0.453. The molecule has 0 saturated carbocycles. The minimum Gasteiger partial charge on any atom is -0.207 e. The van der Waals surface area contributed by atoms with Gasteiger partial charge < -0.3 is 0 Å². The first kappa shape index (κ1) is 14.0. The van der Waals surface area contributed by atoms with Gasteiger partial charge in [-0.05, 0) is 37.0 Å². The van der Waals surface area contributed by atoms with Crippen LogP contribution in [0.1, 0.15) is 12.8 Å². The van der Waals surface area contributed by atoms with Crippen molar-refractivity contribution in [3.63, 3.8) is 0 Å². The normalized spacial score (nSPS) is 21.3. The van der Waals surface area contributed by atoms with Crippen LogP contribution in [0.15, 0.2) is 29.2 Å². The van der Waals surface area contributed by atoms with Crippen molar-refractivity contribution in [2.75, 3.05) is 18.4 Å². The molecule has 0 aliphatic carbocycles. The zero-order valence-electron chi connectivity index (χ0n) is 9.85. The first-order valence-corrected chi connectivity index (χ1v) is 8.42. The Kier molecular flexibility index (Phi) is 4.40. The average molecular weight is 336 g/mol. The number of alkyl halides is 1. The minimum atomic E-state index is -3.53. The zero-order valence-corrected chi connectivity index (χ0v) is 12.3. The van der Waals surface area contributed by atoms with E-state index in [-0.39, 0.29) is 4.90 Å². The van der Waals surface area contributed by atoms with Gasteiger partial charge in [-0.25, -0.2) is 12.8 Å². The zero-order chi connectivity index (χ0) is 13.2. The Hall–Kier alpha value is -0.460. The van der Waals surface area contributed by atoms with Crippen molar-refractivity contribution in [1.82, 2.24) is 4.31 Å². The third kappa shape index (κ3) is 2.92. The van der Waals surface area contributed by atoms with Crippen LogP contribution in [0.25, 0.3) is 0 Å². The van der Waals surface area contributed by atoms with Gasteiger partial charge in [0, 0.05) is 18.4 Å². The van der Waals surface area contributed by atoms with E-state index in [0.29, 0.717) is 19.0 Å². The molecule has 1 atom stereocenters. The maximum Gasteiger partial charge on any atom is 0.243 e. The van der Waals surface area contributed by atoms with Gasteiger partial charge in [-0.3, -0.25) is 0 Å². The summed E-state index contributed by atoms with van der Waals surface area (Å²) in [4.78, 5) is 0.0435. The molecule has 1 heterocycles. The number of rotatable bonds is 4. The molecule has 1 aromatic rings. The highest BCUT2D eigenvalue weighted by Crippen LogP contribution is 2.26. The molecule has 3 nitrogen and oxygen atoms in total. The second kappa shape index (κ2) is 5.67. The summed E-state index contributed by atoms with van der Waals surface area (Å²) in [6.45, 7) is 1.06. The minimum absolute atomic E-state index is 0.0435. The SMILES string of the molecule is O=S(=O)(c1cccc(F)c1)N1CCC(CCBr)C1. The third-order valence-electron chi connectivity index (χ3n) is 3.20. The first-order chi connectivity index (χ1) is 8.54. The fourth-order valence-electron chi connectivity index (χ4n) is 2.18. The summed E-state index contributed by atoms with van der Waals surface area (Å²) in [6.07, 6.45) is 1.84. The van der Waals surface area contributed by atoms with Gasteiger partial charge >= 0.3 is 0 Å². The van der Waals surface area contributed by atoms with E-state index in [1.54, 1.807) is 0 Å². The lowest BCUT2D eigenvalue weighted by Crippen LogP contribution is -2.29. The molecule has 18 heavy (non-hydrogen) atoms. The molecule has 2 rings (SSSR count). The van der Waals surface area contributed by atoms with Crippen LogP contribution in [0.5, 0.6) is 0 Å². The summed E-state index contributed by atoms with van der Waals surface area (Å²) < 4.78 is 39.1. The molecule has 0 aromatic heterocycles. The average Bonchev–Trinajstić information content (AvgIpc) is 2.79. The summed E-state index contributed by atoms with van der Waals surface area (Å²) in [5.41, 5.74) is 0. The Morgan fingerprint density at radius 2 is 2.22 bits per heavy atom. The van der Waals surface area contributed by atoms with Gasteiger partial charge in [-0.1, -0.05) is 22.0 Å². The van der Waals surface area contributed by atoms with Gasteiger partial charge in [0.25, 0.3) is 0 Å². The molecule has 0 amide bonds. The van der Waals surface area contributed by atoms with Crippen LogP contribution in [0.2, 0.25) is 0 Å². The van der Waals surface area contributed by atoms with Gasteiger partial charge in [-0.15, -0.1) is 0 Å². The smallest absolute Gasteiger partial charge is 0.207 e. The maximum atomic E-state index is 13.1. The summed E-state index contributed by atoms with van der Waals surface area (Å²) >= 11 is 3.37. The number of halogens is 2.